The molecule has 4 rings (SSSR count). The van der Waals surface area contributed by atoms with Crippen LogP contribution in [0.2, 0.25) is 0 Å². The zero-order valence-electron chi connectivity index (χ0n) is 11.5. The van der Waals surface area contributed by atoms with Crippen LogP contribution in [0.5, 0.6) is 0 Å². The van der Waals surface area contributed by atoms with Crippen LogP contribution in [0.15, 0.2) is 18.2 Å². The van der Waals surface area contributed by atoms with Crippen molar-refractivity contribution in [2.45, 2.75) is 38.6 Å². The van der Waals surface area contributed by atoms with Gasteiger partial charge in [-0.2, -0.15) is 0 Å². The summed E-state index contributed by atoms with van der Waals surface area (Å²) in [5.74, 6) is 2.18. The maximum Gasteiger partial charge on any atom is 0.168 e. The molecule has 4 unspecified atom stereocenters. The monoisotopic (exact) mass is 255 g/mol. The Bertz CT molecular complexity index is 536. The normalized spacial score (nSPS) is 36.6. The fourth-order valence-corrected chi connectivity index (χ4v) is 4.59. The Hall–Kier alpha value is -1.15. The van der Waals surface area contributed by atoms with Gasteiger partial charge in [-0.15, -0.1) is 0 Å². The zero-order chi connectivity index (χ0) is 13.0. The molecule has 0 radical (unpaired) electrons. The van der Waals surface area contributed by atoms with Gasteiger partial charge in [-0.25, -0.2) is 0 Å². The lowest BCUT2D eigenvalue weighted by Gasteiger charge is -2.23. The first-order chi connectivity index (χ1) is 9.24. The number of hydrogen-bond acceptors (Lipinski definition) is 2. The van der Waals surface area contributed by atoms with Crippen molar-refractivity contribution in [2.75, 3.05) is 6.54 Å². The van der Waals surface area contributed by atoms with Gasteiger partial charge < -0.3 is 5.32 Å². The van der Waals surface area contributed by atoms with E-state index in [1.54, 1.807) is 0 Å². The third kappa shape index (κ3) is 1.69. The van der Waals surface area contributed by atoms with Crippen LogP contribution in [-0.4, -0.2) is 18.4 Å². The van der Waals surface area contributed by atoms with E-state index >= 15 is 0 Å². The van der Waals surface area contributed by atoms with Crippen molar-refractivity contribution in [3.8, 4) is 0 Å². The average Bonchev–Trinajstić information content (AvgIpc) is 3.05. The van der Waals surface area contributed by atoms with E-state index in [2.05, 4.69) is 30.4 Å². The molecule has 1 saturated heterocycles. The van der Waals surface area contributed by atoms with Gasteiger partial charge >= 0.3 is 0 Å². The highest BCUT2D eigenvalue weighted by molar-refractivity contribution is 6.02. The van der Waals surface area contributed by atoms with E-state index in [1.165, 1.54) is 30.4 Å². The molecule has 19 heavy (non-hydrogen) atoms. The molecule has 4 atom stereocenters. The molecular formula is C17H21NO. The molecule has 1 saturated carbocycles. The van der Waals surface area contributed by atoms with Crippen LogP contribution in [0, 0.1) is 24.7 Å². The molecule has 1 heterocycles. The Kier molecular flexibility index (Phi) is 2.56. The van der Waals surface area contributed by atoms with Gasteiger partial charge in [-0.05, 0) is 56.2 Å². The lowest BCUT2D eigenvalue weighted by Crippen LogP contribution is -2.38. The Morgan fingerprint density at radius 1 is 1.26 bits per heavy atom. The number of Topliss-reactive ketones (excluding diaryl/α,β-unsaturated/α-hetero) is 1. The summed E-state index contributed by atoms with van der Waals surface area (Å²) >= 11 is 0. The molecule has 1 aromatic rings. The first-order valence-electron chi connectivity index (χ1n) is 7.61. The number of nitrogens with one attached hydrogen (secondary N) is 1. The summed E-state index contributed by atoms with van der Waals surface area (Å²) in [6, 6.07) is 6.81. The third-order valence-electron chi connectivity index (χ3n) is 5.54. The Morgan fingerprint density at radius 2 is 2.16 bits per heavy atom. The number of ketones is 1. The van der Waals surface area contributed by atoms with Gasteiger partial charge in [0.25, 0.3) is 0 Å². The number of carbonyl (C=O) groups is 1. The van der Waals surface area contributed by atoms with Crippen molar-refractivity contribution < 1.29 is 4.79 Å². The predicted octanol–water partition coefficient (Wildman–Crippen LogP) is 2.74. The molecule has 2 fully saturated rings. The maximum absolute atomic E-state index is 12.7. The standard InChI is InChI=1S/C17H21NO/c1-10-5-6-11-8-15(17(19)14(11)7-10)16-13-4-2-3-12(13)9-18-16/h5-7,12-13,15-16,18H,2-4,8-9H2,1H3. The van der Waals surface area contributed by atoms with Crippen LogP contribution in [0.3, 0.4) is 0 Å². The second kappa shape index (κ2) is 4.17. The SMILES string of the molecule is Cc1ccc2c(c1)C(=O)C(C1NCC3CCCC31)C2. The largest absolute Gasteiger partial charge is 0.313 e. The molecular weight excluding hydrogens is 234 g/mol. The number of hydrogen-bond donors (Lipinski definition) is 1. The van der Waals surface area contributed by atoms with Crippen LogP contribution in [0.1, 0.15) is 40.7 Å². The summed E-state index contributed by atoms with van der Waals surface area (Å²) in [6.45, 7) is 3.20. The molecule has 1 aliphatic heterocycles. The lowest BCUT2D eigenvalue weighted by molar-refractivity contribution is 0.0897. The molecule has 2 nitrogen and oxygen atoms in total. The lowest BCUT2D eigenvalue weighted by atomic mass is 9.84. The van der Waals surface area contributed by atoms with E-state index in [0.29, 0.717) is 11.8 Å². The minimum Gasteiger partial charge on any atom is -0.313 e. The molecule has 1 aromatic carbocycles. The molecule has 1 N–H and O–H groups in total. The van der Waals surface area contributed by atoms with Gasteiger partial charge in [-0.1, -0.05) is 24.1 Å². The predicted molar refractivity (Wildman–Crippen MR) is 75.3 cm³/mol. The van der Waals surface area contributed by atoms with Crippen molar-refractivity contribution in [1.82, 2.24) is 5.32 Å². The van der Waals surface area contributed by atoms with Crippen LogP contribution < -0.4 is 5.32 Å². The fraction of sp³-hybridized carbons (Fsp3) is 0.588. The molecule has 3 aliphatic rings. The van der Waals surface area contributed by atoms with Gasteiger partial charge in [-0.3, -0.25) is 4.79 Å². The average molecular weight is 255 g/mol. The molecule has 0 aromatic heterocycles. The highest BCUT2D eigenvalue weighted by atomic mass is 16.1. The summed E-state index contributed by atoms with van der Waals surface area (Å²) in [7, 11) is 0. The van der Waals surface area contributed by atoms with E-state index in [9.17, 15) is 4.79 Å². The van der Waals surface area contributed by atoms with Crippen molar-refractivity contribution in [1.29, 1.82) is 0 Å². The topological polar surface area (TPSA) is 29.1 Å². The quantitative estimate of drug-likeness (QED) is 0.836. The number of aryl methyl sites for hydroxylation is 1. The van der Waals surface area contributed by atoms with Crippen LogP contribution >= 0.6 is 0 Å². The zero-order valence-corrected chi connectivity index (χ0v) is 11.5. The highest BCUT2D eigenvalue weighted by Gasteiger charge is 2.46. The number of benzene rings is 1. The van der Waals surface area contributed by atoms with E-state index in [-0.39, 0.29) is 5.92 Å². The molecule has 0 spiro atoms. The summed E-state index contributed by atoms with van der Waals surface area (Å²) in [5, 5.41) is 3.66. The Morgan fingerprint density at radius 3 is 3.05 bits per heavy atom. The van der Waals surface area contributed by atoms with E-state index < -0.39 is 0 Å². The van der Waals surface area contributed by atoms with Crippen LogP contribution in [0.25, 0.3) is 0 Å². The van der Waals surface area contributed by atoms with Crippen molar-refractivity contribution >= 4 is 5.78 Å². The molecule has 2 aliphatic carbocycles. The first kappa shape index (κ1) is 11.7. The van der Waals surface area contributed by atoms with Gasteiger partial charge in [0, 0.05) is 17.5 Å². The minimum absolute atomic E-state index is 0.199. The highest BCUT2D eigenvalue weighted by Crippen LogP contribution is 2.43. The van der Waals surface area contributed by atoms with Crippen molar-refractivity contribution in [3.05, 3.63) is 34.9 Å². The first-order valence-corrected chi connectivity index (χ1v) is 7.61. The number of rotatable bonds is 1. The second-order valence-electron chi connectivity index (χ2n) is 6.62. The minimum atomic E-state index is 0.199. The maximum atomic E-state index is 12.7. The van der Waals surface area contributed by atoms with E-state index in [4.69, 9.17) is 0 Å². The summed E-state index contributed by atoms with van der Waals surface area (Å²) in [5.41, 5.74) is 3.46. The van der Waals surface area contributed by atoms with Gasteiger partial charge in [0.1, 0.15) is 0 Å². The Labute approximate surface area is 114 Å². The summed E-state index contributed by atoms with van der Waals surface area (Å²) in [6.07, 6.45) is 5.00. The number of carbonyl (C=O) groups excluding carboxylic acids is 1. The van der Waals surface area contributed by atoms with Crippen LogP contribution in [0.4, 0.5) is 0 Å². The molecule has 0 bridgehead atoms. The molecule has 100 valence electrons. The van der Waals surface area contributed by atoms with Gasteiger partial charge in [0.15, 0.2) is 5.78 Å². The van der Waals surface area contributed by atoms with Crippen molar-refractivity contribution in [2.24, 2.45) is 17.8 Å². The smallest absolute Gasteiger partial charge is 0.168 e. The van der Waals surface area contributed by atoms with E-state index in [1.807, 2.05) is 0 Å². The van der Waals surface area contributed by atoms with E-state index in [0.717, 1.165) is 30.4 Å². The fourth-order valence-electron chi connectivity index (χ4n) is 4.59. The van der Waals surface area contributed by atoms with Crippen molar-refractivity contribution in [3.63, 3.8) is 0 Å². The number of fused-ring (bicyclic) bond motifs is 2. The van der Waals surface area contributed by atoms with Gasteiger partial charge in [0.05, 0.1) is 0 Å². The summed E-state index contributed by atoms with van der Waals surface area (Å²) < 4.78 is 0. The second-order valence-corrected chi connectivity index (χ2v) is 6.62. The van der Waals surface area contributed by atoms with Crippen LogP contribution in [-0.2, 0) is 6.42 Å². The molecule has 2 heteroatoms. The van der Waals surface area contributed by atoms with Gasteiger partial charge in [0.2, 0.25) is 0 Å². The Balaban J connectivity index is 1.63. The summed E-state index contributed by atoms with van der Waals surface area (Å²) in [4.78, 5) is 12.7. The third-order valence-corrected chi connectivity index (χ3v) is 5.54. The molecule has 0 amide bonds.